The van der Waals surface area contributed by atoms with Crippen LogP contribution in [0.15, 0.2) is 54.6 Å². The van der Waals surface area contributed by atoms with E-state index in [-0.39, 0.29) is 36.2 Å². The van der Waals surface area contributed by atoms with Crippen molar-refractivity contribution in [3.8, 4) is 0 Å². The Morgan fingerprint density at radius 3 is 2.51 bits per heavy atom. The first kappa shape index (κ1) is 30.4. The Morgan fingerprint density at radius 1 is 1.15 bits per heavy atom. The van der Waals surface area contributed by atoms with Gasteiger partial charge in [-0.25, -0.2) is 4.79 Å². The number of hydrogen-bond acceptors (Lipinski definition) is 5. The number of nitrogens with zero attached hydrogens (tertiary/aromatic N) is 1. The molecule has 2 aromatic rings. The van der Waals surface area contributed by atoms with Crippen LogP contribution in [-0.2, 0) is 26.3 Å². The van der Waals surface area contributed by atoms with Gasteiger partial charge in [-0.1, -0.05) is 67.9 Å². The van der Waals surface area contributed by atoms with Gasteiger partial charge in [0.25, 0.3) is 5.91 Å². The van der Waals surface area contributed by atoms with Crippen molar-refractivity contribution in [3.63, 3.8) is 0 Å². The fourth-order valence-electron chi connectivity index (χ4n) is 5.64. The molecule has 3 atom stereocenters. The number of rotatable bonds is 13. The van der Waals surface area contributed by atoms with Gasteiger partial charge in [0, 0.05) is 24.0 Å². The molecule has 2 aliphatic rings. The third-order valence-corrected chi connectivity index (χ3v) is 7.97. The van der Waals surface area contributed by atoms with Crippen molar-refractivity contribution in [1.82, 2.24) is 20.9 Å². The standard InChI is InChI=1S/C31H40ClN5O4/c1-20(2)19-31(23-10-5-4-6-11-23)28(39)37(29(33)36-31)16-8-13-25(22-14-15-22)34-27(38)26(35-30(40)41-3)18-21-9-7-12-24(32)17-21/h4-7,9-12,17,20,22,25-26H,8,13-16,18-19H2,1-3H3,(H2,33,36)(H,34,38)(H,35,40)/t25?,26-,31+/m0/s1. The van der Waals surface area contributed by atoms with Crippen LogP contribution < -0.4 is 16.0 Å². The zero-order valence-electron chi connectivity index (χ0n) is 23.9. The molecule has 0 radical (unpaired) electrons. The largest absolute Gasteiger partial charge is 0.453 e. The van der Waals surface area contributed by atoms with Gasteiger partial charge in [0.2, 0.25) is 5.91 Å². The minimum atomic E-state index is -0.955. The van der Waals surface area contributed by atoms with Crippen LogP contribution in [0.3, 0.4) is 0 Å². The first-order valence-electron chi connectivity index (χ1n) is 14.3. The number of benzene rings is 2. The number of methoxy groups -OCH3 is 1. The normalized spacial score (nSPS) is 20.0. The minimum Gasteiger partial charge on any atom is -0.453 e. The highest BCUT2D eigenvalue weighted by Crippen LogP contribution is 2.37. The van der Waals surface area contributed by atoms with Gasteiger partial charge in [-0.05, 0) is 67.2 Å². The molecule has 0 aromatic heterocycles. The van der Waals surface area contributed by atoms with E-state index in [0.717, 1.165) is 24.0 Å². The molecule has 220 valence electrons. The van der Waals surface area contributed by atoms with Crippen LogP contribution in [0.2, 0.25) is 5.02 Å². The van der Waals surface area contributed by atoms with Crippen LogP contribution in [0.1, 0.15) is 57.1 Å². The molecular weight excluding hydrogens is 542 g/mol. The van der Waals surface area contributed by atoms with Crippen LogP contribution in [-0.4, -0.2) is 54.5 Å². The summed E-state index contributed by atoms with van der Waals surface area (Å²) in [6.45, 7) is 4.52. The highest BCUT2D eigenvalue weighted by Gasteiger charge is 2.50. The summed E-state index contributed by atoms with van der Waals surface area (Å²) in [5, 5.41) is 18.2. The molecule has 3 amide bonds. The molecule has 1 saturated carbocycles. The third kappa shape index (κ3) is 7.58. The van der Waals surface area contributed by atoms with E-state index < -0.39 is 17.7 Å². The predicted octanol–water partition coefficient (Wildman–Crippen LogP) is 4.59. The maximum absolute atomic E-state index is 13.8. The summed E-state index contributed by atoms with van der Waals surface area (Å²) in [5.41, 5.74) is 0.723. The SMILES string of the molecule is COC(=O)N[C@@H](Cc1cccc(Cl)c1)C(=O)NC(CCCN1C(=N)N[C@](CC(C)C)(c2ccccc2)C1=O)C1CC1. The number of nitrogens with one attached hydrogen (secondary N) is 4. The van der Waals surface area contributed by atoms with Gasteiger partial charge in [-0.2, -0.15) is 0 Å². The molecule has 4 N–H and O–H groups in total. The molecular formula is C31H40ClN5O4. The summed E-state index contributed by atoms with van der Waals surface area (Å²) in [4.78, 5) is 40.7. The summed E-state index contributed by atoms with van der Waals surface area (Å²) in [5.74, 6) is 0.292. The number of carbonyl (C=O) groups excluding carboxylic acids is 3. The quantitative estimate of drug-likeness (QED) is 0.275. The van der Waals surface area contributed by atoms with Crippen LogP contribution >= 0.6 is 11.6 Å². The van der Waals surface area contributed by atoms with Crippen LogP contribution in [0, 0.1) is 17.2 Å². The molecule has 1 heterocycles. The maximum atomic E-state index is 13.8. The molecule has 9 nitrogen and oxygen atoms in total. The maximum Gasteiger partial charge on any atom is 0.407 e. The molecule has 2 aromatic carbocycles. The average molecular weight is 582 g/mol. The van der Waals surface area contributed by atoms with E-state index in [0.29, 0.717) is 36.7 Å². The molecule has 41 heavy (non-hydrogen) atoms. The molecule has 10 heteroatoms. The predicted molar refractivity (Wildman–Crippen MR) is 159 cm³/mol. The van der Waals surface area contributed by atoms with Crippen molar-refractivity contribution in [1.29, 1.82) is 5.41 Å². The number of amides is 3. The van der Waals surface area contributed by atoms with Gasteiger partial charge in [0.05, 0.1) is 7.11 Å². The first-order chi connectivity index (χ1) is 19.6. The zero-order chi connectivity index (χ0) is 29.6. The van der Waals surface area contributed by atoms with Crippen LogP contribution in [0.5, 0.6) is 0 Å². The summed E-state index contributed by atoms with van der Waals surface area (Å²) < 4.78 is 4.75. The first-order valence-corrected chi connectivity index (χ1v) is 14.6. The number of halogens is 1. The number of guanidine groups is 1. The number of alkyl carbamates (subject to hydrolysis) is 1. The summed E-state index contributed by atoms with van der Waals surface area (Å²) in [6, 6.07) is 15.9. The Balaban J connectivity index is 1.40. The topological polar surface area (TPSA) is 124 Å². The van der Waals surface area contributed by atoms with Crippen molar-refractivity contribution >= 4 is 35.5 Å². The number of carbonyl (C=O) groups is 3. The van der Waals surface area contributed by atoms with Gasteiger partial charge in [0.1, 0.15) is 11.6 Å². The second-order valence-corrected chi connectivity index (χ2v) is 11.9. The van der Waals surface area contributed by atoms with Crippen molar-refractivity contribution in [2.45, 2.75) is 70.0 Å². The lowest BCUT2D eigenvalue weighted by Gasteiger charge is -2.29. The second kappa shape index (κ2) is 13.4. The molecule has 1 saturated heterocycles. The van der Waals surface area contributed by atoms with Crippen molar-refractivity contribution in [2.75, 3.05) is 13.7 Å². The number of ether oxygens (including phenoxy) is 1. The van der Waals surface area contributed by atoms with Crippen molar-refractivity contribution < 1.29 is 19.1 Å². The van der Waals surface area contributed by atoms with Crippen molar-refractivity contribution in [3.05, 3.63) is 70.7 Å². The lowest BCUT2D eigenvalue weighted by atomic mass is 9.82. The molecule has 1 aliphatic heterocycles. The van der Waals surface area contributed by atoms with Gasteiger partial charge < -0.3 is 20.7 Å². The smallest absolute Gasteiger partial charge is 0.407 e. The molecule has 2 fully saturated rings. The summed E-state index contributed by atoms with van der Waals surface area (Å²) >= 11 is 6.12. The highest BCUT2D eigenvalue weighted by molar-refractivity contribution is 6.30. The molecule has 4 rings (SSSR count). The molecule has 1 aliphatic carbocycles. The van der Waals surface area contributed by atoms with E-state index in [4.69, 9.17) is 21.7 Å². The third-order valence-electron chi connectivity index (χ3n) is 7.73. The lowest BCUT2D eigenvalue weighted by Crippen LogP contribution is -2.51. The van der Waals surface area contributed by atoms with E-state index in [2.05, 4.69) is 29.8 Å². The van der Waals surface area contributed by atoms with E-state index in [1.54, 1.807) is 18.2 Å². The van der Waals surface area contributed by atoms with Gasteiger partial charge in [-0.15, -0.1) is 0 Å². The van der Waals surface area contributed by atoms with Crippen molar-refractivity contribution in [2.24, 2.45) is 11.8 Å². The van der Waals surface area contributed by atoms with Gasteiger partial charge in [-0.3, -0.25) is 19.9 Å². The van der Waals surface area contributed by atoms with E-state index in [1.807, 2.05) is 36.4 Å². The second-order valence-electron chi connectivity index (χ2n) is 11.4. The Morgan fingerprint density at radius 2 is 1.88 bits per heavy atom. The summed E-state index contributed by atoms with van der Waals surface area (Å²) in [6.07, 6.45) is 3.46. The zero-order valence-corrected chi connectivity index (χ0v) is 24.7. The molecule has 1 unspecified atom stereocenters. The van der Waals surface area contributed by atoms with Gasteiger partial charge in [0.15, 0.2) is 5.96 Å². The lowest BCUT2D eigenvalue weighted by molar-refractivity contribution is -0.132. The fourth-order valence-corrected chi connectivity index (χ4v) is 5.86. The van der Waals surface area contributed by atoms with E-state index >= 15 is 0 Å². The van der Waals surface area contributed by atoms with Crippen LogP contribution in [0.25, 0.3) is 0 Å². The Hall–Kier alpha value is -3.59. The molecule has 0 spiro atoms. The monoisotopic (exact) mass is 581 g/mol. The highest BCUT2D eigenvalue weighted by atomic mass is 35.5. The minimum absolute atomic E-state index is 0.0989. The fraction of sp³-hybridized carbons (Fsp3) is 0.484. The van der Waals surface area contributed by atoms with E-state index in [1.165, 1.54) is 12.0 Å². The Labute approximate surface area is 246 Å². The summed E-state index contributed by atoms with van der Waals surface area (Å²) in [7, 11) is 1.26. The molecule has 0 bridgehead atoms. The average Bonchev–Trinajstić information content (AvgIpc) is 3.76. The van der Waals surface area contributed by atoms with E-state index in [9.17, 15) is 14.4 Å². The van der Waals surface area contributed by atoms with Crippen LogP contribution in [0.4, 0.5) is 4.79 Å². The number of hydrogen-bond donors (Lipinski definition) is 4. The van der Waals surface area contributed by atoms with Gasteiger partial charge >= 0.3 is 6.09 Å². The Bertz CT molecular complexity index is 1250. The Kier molecular flexibility index (Phi) is 9.91.